The van der Waals surface area contributed by atoms with Crippen LogP contribution < -0.4 is 10.5 Å². The van der Waals surface area contributed by atoms with Gasteiger partial charge in [-0.15, -0.1) is 0 Å². The maximum absolute atomic E-state index is 14.3. The topological polar surface area (TPSA) is 55.1 Å². The van der Waals surface area contributed by atoms with Crippen LogP contribution in [-0.2, 0) is 0 Å². The monoisotopic (exact) mass is 490 g/mol. The second kappa shape index (κ2) is 9.47. The minimum Gasteiger partial charge on any atom is -0.368 e. The third-order valence-electron chi connectivity index (χ3n) is 7.14. The van der Waals surface area contributed by atoms with E-state index in [-0.39, 0.29) is 11.4 Å². The van der Waals surface area contributed by atoms with Crippen molar-refractivity contribution in [1.29, 1.82) is 0 Å². The predicted octanol–water partition coefficient (Wildman–Crippen LogP) is 6.12. The van der Waals surface area contributed by atoms with E-state index < -0.39 is 0 Å². The normalized spacial score (nSPS) is 13.8. The summed E-state index contributed by atoms with van der Waals surface area (Å²) in [6.45, 7) is 7.39. The molecule has 5 nitrogen and oxygen atoms in total. The number of nitrogens with one attached hydrogen (secondary N) is 2. The van der Waals surface area contributed by atoms with Crippen LogP contribution >= 0.6 is 0 Å². The molecule has 1 fully saturated rings. The van der Waals surface area contributed by atoms with Crippen LogP contribution in [0.15, 0.2) is 102 Å². The van der Waals surface area contributed by atoms with Crippen molar-refractivity contribution in [3.8, 4) is 22.4 Å². The number of hydrogen-bond acceptors (Lipinski definition) is 3. The number of anilines is 1. The summed E-state index contributed by atoms with van der Waals surface area (Å²) in [5, 5.41) is 1.04. The Kier molecular flexibility index (Phi) is 5.85. The Hall–Kier alpha value is -4.58. The molecule has 0 atom stereocenters. The number of hydrogen-bond donors (Lipinski definition) is 2. The van der Waals surface area contributed by atoms with Crippen molar-refractivity contribution in [1.82, 2.24) is 14.9 Å². The van der Waals surface area contributed by atoms with E-state index in [0.29, 0.717) is 11.3 Å². The highest BCUT2D eigenvalue weighted by Gasteiger charge is 2.22. The van der Waals surface area contributed by atoms with E-state index in [1.807, 2.05) is 42.5 Å². The Balaban J connectivity index is 1.35. The number of piperazine rings is 1. The fourth-order valence-electron chi connectivity index (χ4n) is 5.20. The first-order chi connectivity index (χ1) is 18.1. The third kappa shape index (κ3) is 4.20. The molecule has 0 unspecified atom stereocenters. The number of pyridine rings is 1. The minimum atomic E-state index is -0.186. The number of rotatable bonds is 5. The van der Waals surface area contributed by atoms with Gasteiger partial charge >= 0.3 is 0 Å². The second-order valence-electron chi connectivity index (χ2n) is 9.29. The van der Waals surface area contributed by atoms with Crippen LogP contribution in [0.4, 0.5) is 10.1 Å². The molecule has 5 aromatic rings. The van der Waals surface area contributed by atoms with E-state index >= 15 is 0 Å². The standard InChI is InChI=1S/C31H27FN4O/c1-21(35-16-18-36(19-17-35)28-12-6-5-11-26(28)32)23-13-14-27-25(20-23)29(22-8-3-2-4-9-22)30(34-27)24-10-7-15-33-31(24)37/h2-15,20,34H,1,16-19H2,(H,33,37). The molecule has 2 aromatic heterocycles. The lowest BCUT2D eigenvalue weighted by molar-refractivity contribution is 0.366. The average molecular weight is 491 g/mol. The SMILES string of the molecule is C=C(c1ccc2[nH]c(-c3ccc[nH]c3=O)c(-c3ccccc3)c2c1)N1CCN(c2ccccc2F)CC1. The van der Waals surface area contributed by atoms with Gasteiger partial charge in [-0.25, -0.2) is 4.39 Å². The Bertz CT molecular complexity index is 1650. The van der Waals surface area contributed by atoms with Gasteiger partial charge < -0.3 is 19.8 Å². The Labute approximate surface area is 214 Å². The van der Waals surface area contributed by atoms with Crippen LogP contribution in [-0.4, -0.2) is 41.0 Å². The molecule has 0 amide bonds. The highest BCUT2D eigenvalue weighted by molar-refractivity contribution is 6.04. The van der Waals surface area contributed by atoms with Crippen LogP contribution in [0.1, 0.15) is 5.56 Å². The number of para-hydroxylation sites is 1. The average Bonchev–Trinajstić information content (AvgIpc) is 3.32. The summed E-state index contributed by atoms with van der Waals surface area (Å²) in [7, 11) is 0. The Morgan fingerprint density at radius 3 is 2.38 bits per heavy atom. The fraction of sp³-hybridized carbons (Fsp3) is 0.129. The summed E-state index contributed by atoms with van der Waals surface area (Å²) in [4.78, 5) is 23.3. The lowest BCUT2D eigenvalue weighted by Crippen LogP contribution is -2.45. The molecule has 6 heteroatoms. The van der Waals surface area contributed by atoms with Gasteiger partial charge in [-0.1, -0.05) is 55.1 Å². The summed E-state index contributed by atoms with van der Waals surface area (Å²) < 4.78 is 14.3. The van der Waals surface area contributed by atoms with Crippen LogP contribution in [0, 0.1) is 5.82 Å². The molecule has 3 heterocycles. The van der Waals surface area contributed by atoms with Crippen molar-refractivity contribution in [2.75, 3.05) is 31.1 Å². The number of H-pyrrole nitrogens is 2. The van der Waals surface area contributed by atoms with Gasteiger partial charge in [-0.3, -0.25) is 4.79 Å². The molecule has 3 aromatic carbocycles. The van der Waals surface area contributed by atoms with Gasteiger partial charge in [0, 0.05) is 54.5 Å². The van der Waals surface area contributed by atoms with Crippen LogP contribution in [0.5, 0.6) is 0 Å². The van der Waals surface area contributed by atoms with E-state index in [1.165, 1.54) is 6.07 Å². The van der Waals surface area contributed by atoms with E-state index in [0.717, 1.165) is 65.2 Å². The highest BCUT2D eigenvalue weighted by atomic mass is 19.1. The first-order valence-corrected chi connectivity index (χ1v) is 12.4. The van der Waals surface area contributed by atoms with Gasteiger partial charge in [-0.05, 0) is 47.5 Å². The fourth-order valence-corrected chi connectivity index (χ4v) is 5.20. The number of fused-ring (bicyclic) bond motifs is 1. The lowest BCUT2D eigenvalue weighted by Gasteiger charge is -2.38. The quantitative estimate of drug-likeness (QED) is 0.312. The number of benzene rings is 3. The first kappa shape index (κ1) is 22.9. The van der Waals surface area contributed by atoms with Gasteiger partial charge in [0.25, 0.3) is 5.56 Å². The summed E-state index contributed by atoms with van der Waals surface area (Å²) >= 11 is 0. The molecule has 1 aliphatic heterocycles. The molecule has 0 saturated carbocycles. The van der Waals surface area contributed by atoms with E-state index in [2.05, 4.69) is 56.7 Å². The largest absolute Gasteiger partial charge is 0.368 e. The van der Waals surface area contributed by atoms with Gasteiger partial charge in [0.15, 0.2) is 0 Å². The van der Waals surface area contributed by atoms with Crippen molar-refractivity contribution in [2.24, 2.45) is 0 Å². The molecule has 0 radical (unpaired) electrons. The summed E-state index contributed by atoms with van der Waals surface area (Å²) in [6.07, 6.45) is 1.64. The Morgan fingerprint density at radius 2 is 1.62 bits per heavy atom. The maximum atomic E-state index is 14.3. The van der Waals surface area contributed by atoms with Crippen molar-refractivity contribution < 1.29 is 4.39 Å². The van der Waals surface area contributed by atoms with Crippen molar-refractivity contribution in [3.05, 3.63) is 119 Å². The number of aromatic amines is 2. The molecule has 2 N–H and O–H groups in total. The molecule has 0 aliphatic carbocycles. The summed E-state index contributed by atoms with van der Waals surface area (Å²) in [6, 6.07) is 27.0. The molecule has 1 aliphatic rings. The van der Waals surface area contributed by atoms with Crippen LogP contribution in [0.3, 0.4) is 0 Å². The molecule has 1 saturated heterocycles. The van der Waals surface area contributed by atoms with Crippen LogP contribution in [0.25, 0.3) is 39.0 Å². The first-order valence-electron chi connectivity index (χ1n) is 12.4. The summed E-state index contributed by atoms with van der Waals surface area (Å²) in [5.74, 6) is -0.186. The second-order valence-corrected chi connectivity index (χ2v) is 9.29. The van der Waals surface area contributed by atoms with Crippen molar-refractivity contribution in [3.63, 3.8) is 0 Å². The lowest BCUT2D eigenvalue weighted by atomic mass is 9.97. The third-order valence-corrected chi connectivity index (χ3v) is 7.14. The molecular weight excluding hydrogens is 463 g/mol. The molecule has 6 rings (SSSR count). The van der Waals surface area contributed by atoms with Crippen LogP contribution in [0.2, 0.25) is 0 Å². The zero-order valence-electron chi connectivity index (χ0n) is 20.4. The van der Waals surface area contributed by atoms with Gasteiger partial charge in [0.2, 0.25) is 0 Å². The molecular formula is C31H27FN4O. The minimum absolute atomic E-state index is 0.136. The van der Waals surface area contributed by atoms with Gasteiger partial charge in [0.05, 0.1) is 16.9 Å². The maximum Gasteiger partial charge on any atom is 0.257 e. The highest BCUT2D eigenvalue weighted by Crippen LogP contribution is 2.38. The Morgan fingerprint density at radius 1 is 0.865 bits per heavy atom. The number of nitrogens with zero attached hydrogens (tertiary/aromatic N) is 2. The number of aromatic nitrogens is 2. The smallest absolute Gasteiger partial charge is 0.257 e. The molecule has 184 valence electrons. The van der Waals surface area contributed by atoms with Gasteiger partial charge in [0.1, 0.15) is 5.82 Å². The molecule has 0 bridgehead atoms. The van der Waals surface area contributed by atoms with Gasteiger partial charge in [-0.2, -0.15) is 0 Å². The predicted molar refractivity (Wildman–Crippen MR) is 149 cm³/mol. The molecule has 37 heavy (non-hydrogen) atoms. The van der Waals surface area contributed by atoms with Crippen molar-refractivity contribution >= 4 is 22.3 Å². The van der Waals surface area contributed by atoms with E-state index in [9.17, 15) is 9.18 Å². The summed E-state index contributed by atoms with van der Waals surface area (Å²) in [5.41, 5.74) is 6.86. The van der Waals surface area contributed by atoms with Crippen molar-refractivity contribution in [2.45, 2.75) is 0 Å². The number of halogens is 1. The zero-order valence-corrected chi connectivity index (χ0v) is 20.4. The van der Waals surface area contributed by atoms with E-state index in [4.69, 9.17) is 0 Å². The van der Waals surface area contributed by atoms with E-state index in [1.54, 1.807) is 12.3 Å². The zero-order chi connectivity index (χ0) is 25.4. The molecule has 0 spiro atoms.